The van der Waals surface area contributed by atoms with E-state index in [0.717, 1.165) is 17.9 Å². The summed E-state index contributed by atoms with van der Waals surface area (Å²) in [5.74, 6) is 1.87. The zero-order chi connectivity index (χ0) is 8.55. The first-order valence-corrected chi connectivity index (χ1v) is 5.23. The highest BCUT2D eigenvalue weighted by molar-refractivity contribution is 5.18. The fourth-order valence-electron chi connectivity index (χ4n) is 2.67. The molecular formula is C11H19N. The van der Waals surface area contributed by atoms with E-state index >= 15 is 0 Å². The Bertz CT molecular complexity index is 181. The van der Waals surface area contributed by atoms with Gasteiger partial charge in [0.1, 0.15) is 0 Å². The van der Waals surface area contributed by atoms with E-state index in [1.54, 1.807) is 5.57 Å². The molecule has 0 radical (unpaired) electrons. The fraction of sp³-hybridized carbons (Fsp3) is 0.818. The van der Waals surface area contributed by atoms with Gasteiger partial charge in [-0.05, 0) is 38.1 Å². The Labute approximate surface area is 75.2 Å². The van der Waals surface area contributed by atoms with Gasteiger partial charge in [0.2, 0.25) is 0 Å². The van der Waals surface area contributed by atoms with E-state index in [4.69, 9.17) is 0 Å². The molecule has 3 atom stereocenters. The third kappa shape index (κ3) is 1.20. The Morgan fingerprint density at radius 1 is 1.58 bits per heavy atom. The van der Waals surface area contributed by atoms with E-state index in [-0.39, 0.29) is 0 Å². The van der Waals surface area contributed by atoms with Crippen LogP contribution in [0.5, 0.6) is 0 Å². The molecule has 2 aliphatic heterocycles. The maximum Gasteiger partial charge on any atom is 0.0139 e. The molecular weight excluding hydrogens is 146 g/mol. The lowest BCUT2D eigenvalue weighted by Crippen LogP contribution is -2.37. The molecule has 68 valence electrons. The van der Waals surface area contributed by atoms with E-state index < -0.39 is 0 Å². The minimum Gasteiger partial charge on any atom is -0.313 e. The normalized spacial score (nSPS) is 39.8. The van der Waals surface area contributed by atoms with Gasteiger partial charge in [-0.3, -0.25) is 0 Å². The monoisotopic (exact) mass is 165 g/mol. The minimum atomic E-state index is 0.836. The molecule has 1 aliphatic carbocycles. The molecule has 0 aromatic carbocycles. The summed E-state index contributed by atoms with van der Waals surface area (Å²) in [5, 5.41) is 3.56. The van der Waals surface area contributed by atoms with Gasteiger partial charge in [0.25, 0.3) is 0 Å². The van der Waals surface area contributed by atoms with Crippen molar-refractivity contribution in [1.82, 2.24) is 5.32 Å². The summed E-state index contributed by atoms with van der Waals surface area (Å²) in [4.78, 5) is 0. The first kappa shape index (κ1) is 8.31. The Morgan fingerprint density at radius 3 is 2.92 bits per heavy atom. The molecule has 12 heavy (non-hydrogen) atoms. The predicted octanol–water partition coefficient (Wildman–Crippen LogP) is 2.34. The number of rotatable bonds is 3. The molecule has 0 aromatic rings. The molecule has 1 nitrogen and oxygen atoms in total. The first-order valence-electron chi connectivity index (χ1n) is 5.23. The van der Waals surface area contributed by atoms with Gasteiger partial charge < -0.3 is 5.32 Å². The smallest absolute Gasteiger partial charge is 0.0139 e. The lowest BCUT2D eigenvalue weighted by Gasteiger charge is -2.35. The number of hydrogen-bond acceptors (Lipinski definition) is 1. The average Bonchev–Trinajstić information content (AvgIpc) is 2.60. The summed E-state index contributed by atoms with van der Waals surface area (Å²) in [6.45, 7) is 5.83. The Hall–Kier alpha value is -0.300. The van der Waals surface area contributed by atoms with Gasteiger partial charge in [-0.2, -0.15) is 0 Å². The Kier molecular flexibility index (Phi) is 2.22. The van der Waals surface area contributed by atoms with Crippen molar-refractivity contribution in [2.75, 3.05) is 6.54 Å². The maximum absolute atomic E-state index is 3.56. The van der Waals surface area contributed by atoms with Gasteiger partial charge in [-0.25, -0.2) is 0 Å². The van der Waals surface area contributed by atoms with Crippen LogP contribution < -0.4 is 5.32 Å². The van der Waals surface area contributed by atoms with Crippen LogP contribution in [0.3, 0.4) is 0 Å². The molecule has 3 rings (SSSR count). The summed E-state index contributed by atoms with van der Waals surface area (Å²) in [6.07, 6.45) is 6.42. The topological polar surface area (TPSA) is 12.0 Å². The molecule has 3 aliphatic rings. The van der Waals surface area contributed by atoms with E-state index in [1.807, 2.05) is 0 Å². The second kappa shape index (κ2) is 3.21. The predicted molar refractivity (Wildman–Crippen MR) is 52.1 cm³/mol. The SMILES string of the molecule is CCC/C=C(/C)C1C2CNC1C2. The van der Waals surface area contributed by atoms with Crippen molar-refractivity contribution in [1.29, 1.82) is 0 Å². The highest BCUT2D eigenvalue weighted by atomic mass is 15.0. The van der Waals surface area contributed by atoms with Crippen LogP contribution in [0.4, 0.5) is 0 Å². The second-order valence-electron chi connectivity index (χ2n) is 4.27. The molecule has 0 aromatic heterocycles. The van der Waals surface area contributed by atoms with Crippen molar-refractivity contribution in [3.63, 3.8) is 0 Å². The number of allylic oxidation sites excluding steroid dienone is 1. The van der Waals surface area contributed by atoms with Gasteiger partial charge in [0, 0.05) is 6.04 Å². The zero-order valence-corrected chi connectivity index (χ0v) is 8.14. The maximum atomic E-state index is 3.56. The summed E-state index contributed by atoms with van der Waals surface area (Å²) in [7, 11) is 0. The van der Waals surface area contributed by atoms with E-state index in [0.29, 0.717) is 0 Å². The van der Waals surface area contributed by atoms with Crippen LogP contribution in [0.15, 0.2) is 11.6 Å². The summed E-state index contributed by atoms with van der Waals surface area (Å²) < 4.78 is 0. The quantitative estimate of drug-likeness (QED) is 0.633. The standard InChI is InChI=1S/C11H19N/c1-3-4-5-8(2)11-9-6-10(11)12-7-9/h5,9-12H,3-4,6-7H2,1-2H3/b8-5-. The van der Waals surface area contributed by atoms with Crippen LogP contribution in [0.2, 0.25) is 0 Å². The van der Waals surface area contributed by atoms with Crippen LogP contribution in [0.25, 0.3) is 0 Å². The van der Waals surface area contributed by atoms with Crippen LogP contribution >= 0.6 is 0 Å². The highest BCUT2D eigenvalue weighted by Crippen LogP contribution is 2.44. The number of fused-ring (bicyclic) bond motifs is 1. The van der Waals surface area contributed by atoms with Crippen molar-refractivity contribution >= 4 is 0 Å². The van der Waals surface area contributed by atoms with Gasteiger partial charge >= 0.3 is 0 Å². The molecule has 2 bridgehead atoms. The van der Waals surface area contributed by atoms with Gasteiger partial charge in [0.15, 0.2) is 0 Å². The van der Waals surface area contributed by atoms with Crippen molar-refractivity contribution in [3.8, 4) is 0 Å². The highest BCUT2D eigenvalue weighted by Gasteiger charge is 2.46. The largest absolute Gasteiger partial charge is 0.313 e. The van der Waals surface area contributed by atoms with Gasteiger partial charge in [0.05, 0.1) is 0 Å². The molecule has 3 unspecified atom stereocenters. The van der Waals surface area contributed by atoms with Gasteiger partial charge in [-0.15, -0.1) is 0 Å². The molecule has 1 heteroatoms. The van der Waals surface area contributed by atoms with Crippen LogP contribution in [-0.4, -0.2) is 12.6 Å². The lowest BCUT2D eigenvalue weighted by atomic mass is 9.70. The number of unbranched alkanes of at least 4 members (excludes halogenated alkanes) is 1. The summed E-state index contributed by atoms with van der Waals surface area (Å²) in [6, 6.07) is 0.836. The lowest BCUT2D eigenvalue weighted by molar-refractivity contribution is 0.257. The number of hydrogen-bond donors (Lipinski definition) is 1. The van der Waals surface area contributed by atoms with E-state index in [1.165, 1.54) is 25.8 Å². The average molecular weight is 165 g/mol. The first-order chi connectivity index (χ1) is 5.83. The zero-order valence-electron chi connectivity index (χ0n) is 8.14. The van der Waals surface area contributed by atoms with E-state index in [9.17, 15) is 0 Å². The summed E-state index contributed by atoms with van der Waals surface area (Å²) >= 11 is 0. The molecule has 3 fully saturated rings. The molecule has 1 saturated carbocycles. The molecule has 1 N–H and O–H groups in total. The molecule has 2 saturated heterocycles. The number of nitrogens with one attached hydrogen (secondary N) is 1. The summed E-state index contributed by atoms with van der Waals surface area (Å²) in [5.41, 5.74) is 1.64. The third-order valence-electron chi connectivity index (χ3n) is 3.42. The van der Waals surface area contributed by atoms with Crippen molar-refractivity contribution in [2.45, 2.75) is 39.2 Å². The van der Waals surface area contributed by atoms with E-state index in [2.05, 4.69) is 25.2 Å². The Balaban J connectivity index is 1.92. The van der Waals surface area contributed by atoms with Gasteiger partial charge in [-0.1, -0.05) is 25.0 Å². The van der Waals surface area contributed by atoms with Crippen LogP contribution in [0.1, 0.15) is 33.1 Å². The molecule has 2 heterocycles. The fourth-order valence-corrected chi connectivity index (χ4v) is 2.67. The molecule has 0 spiro atoms. The van der Waals surface area contributed by atoms with Crippen molar-refractivity contribution in [3.05, 3.63) is 11.6 Å². The third-order valence-corrected chi connectivity index (χ3v) is 3.42. The van der Waals surface area contributed by atoms with Crippen LogP contribution in [0, 0.1) is 11.8 Å². The Morgan fingerprint density at radius 2 is 2.42 bits per heavy atom. The second-order valence-corrected chi connectivity index (χ2v) is 4.27. The minimum absolute atomic E-state index is 0.836. The van der Waals surface area contributed by atoms with Crippen molar-refractivity contribution in [2.24, 2.45) is 11.8 Å². The van der Waals surface area contributed by atoms with Crippen LogP contribution in [-0.2, 0) is 0 Å². The molecule has 0 amide bonds. The van der Waals surface area contributed by atoms with Crippen molar-refractivity contribution < 1.29 is 0 Å².